The van der Waals surface area contributed by atoms with Gasteiger partial charge in [-0.2, -0.15) is 4.98 Å². The number of fused-ring (bicyclic) bond motifs is 1. The van der Waals surface area contributed by atoms with Crippen molar-refractivity contribution in [2.24, 2.45) is 0 Å². The summed E-state index contributed by atoms with van der Waals surface area (Å²) in [5, 5.41) is 1.62. The van der Waals surface area contributed by atoms with Gasteiger partial charge >= 0.3 is 0 Å². The molecule has 2 fully saturated rings. The molecule has 0 N–H and O–H groups in total. The highest BCUT2D eigenvalue weighted by Gasteiger charge is 2.32. The highest BCUT2D eigenvalue weighted by molar-refractivity contribution is 7.22. The molecule has 0 radical (unpaired) electrons. The molecule has 1 saturated carbocycles. The molecule has 1 aromatic carbocycles. The highest BCUT2D eigenvalue weighted by atomic mass is 35.5. The summed E-state index contributed by atoms with van der Waals surface area (Å²) in [6.07, 6.45) is 2.14. The minimum absolute atomic E-state index is 0.165. The zero-order chi connectivity index (χ0) is 21.0. The van der Waals surface area contributed by atoms with E-state index in [2.05, 4.69) is 34.4 Å². The number of hydrogen-bond acceptors (Lipinski definition) is 6. The van der Waals surface area contributed by atoms with Crippen molar-refractivity contribution >= 4 is 38.4 Å². The van der Waals surface area contributed by atoms with Gasteiger partial charge in [-0.25, -0.2) is 4.98 Å². The second kappa shape index (κ2) is 7.32. The van der Waals surface area contributed by atoms with E-state index in [1.807, 2.05) is 19.1 Å². The number of nitrogens with zero attached hydrogens (tertiary/aromatic N) is 4. The Labute approximate surface area is 184 Å². The van der Waals surface area contributed by atoms with Gasteiger partial charge in [-0.3, -0.25) is 4.79 Å². The van der Waals surface area contributed by atoms with Crippen LogP contribution < -0.4 is 10.5 Å². The molecule has 5 rings (SSSR count). The van der Waals surface area contributed by atoms with E-state index < -0.39 is 0 Å². The first-order valence-corrected chi connectivity index (χ1v) is 11.6. The maximum absolute atomic E-state index is 12.9. The number of morpholine rings is 1. The molecule has 0 spiro atoms. The van der Waals surface area contributed by atoms with Crippen molar-refractivity contribution in [1.82, 2.24) is 14.5 Å². The molecule has 1 aliphatic heterocycles. The molecular formula is C22H25ClN4O2S. The third kappa shape index (κ3) is 3.63. The Morgan fingerprint density at radius 2 is 2.10 bits per heavy atom. The molecule has 1 aliphatic carbocycles. The van der Waals surface area contributed by atoms with Gasteiger partial charge in [0, 0.05) is 24.0 Å². The van der Waals surface area contributed by atoms with Gasteiger partial charge in [0.15, 0.2) is 10.8 Å². The van der Waals surface area contributed by atoms with Gasteiger partial charge in [-0.1, -0.05) is 35.1 Å². The van der Waals surface area contributed by atoms with E-state index in [-0.39, 0.29) is 11.2 Å². The summed E-state index contributed by atoms with van der Waals surface area (Å²) in [6.45, 7) is 8.98. The Kier molecular flexibility index (Phi) is 4.87. The van der Waals surface area contributed by atoms with E-state index in [1.54, 1.807) is 0 Å². The highest BCUT2D eigenvalue weighted by Crippen LogP contribution is 2.40. The maximum Gasteiger partial charge on any atom is 0.292 e. The van der Waals surface area contributed by atoms with Crippen LogP contribution in [0.4, 0.5) is 5.13 Å². The van der Waals surface area contributed by atoms with Gasteiger partial charge < -0.3 is 14.2 Å². The van der Waals surface area contributed by atoms with Crippen LogP contribution in [-0.2, 0) is 11.3 Å². The lowest BCUT2D eigenvalue weighted by Gasteiger charge is -2.37. The van der Waals surface area contributed by atoms with Crippen LogP contribution in [0.3, 0.4) is 0 Å². The minimum atomic E-state index is -0.234. The Hall–Kier alpha value is -1.96. The Morgan fingerprint density at radius 1 is 1.30 bits per heavy atom. The Bertz CT molecular complexity index is 1180. The molecule has 0 unspecified atom stereocenters. The maximum atomic E-state index is 12.9. The number of thiazole rings is 1. The Morgan fingerprint density at radius 3 is 2.83 bits per heavy atom. The SMILES string of the molecule is Cc1c(Cl)cccc1Cn1c(C2CC2)nc(=O)c2sc(N3CCOC(C)(C)C3)nc21. The van der Waals surface area contributed by atoms with E-state index in [0.29, 0.717) is 23.8 Å². The lowest BCUT2D eigenvalue weighted by Crippen LogP contribution is -2.48. The fourth-order valence-electron chi connectivity index (χ4n) is 4.06. The van der Waals surface area contributed by atoms with E-state index in [1.165, 1.54) is 11.3 Å². The molecule has 30 heavy (non-hydrogen) atoms. The lowest BCUT2D eigenvalue weighted by atomic mass is 10.1. The van der Waals surface area contributed by atoms with Crippen molar-refractivity contribution < 1.29 is 4.74 Å². The first-order chi connectivity index (χ1) is 14.3. The summed E-state index contributed by atoms with van der Waals surface area (Å²) in [5.74, 6) is 1.19. The zero-order valence-corrected chi connectivity index (χ0v) is 19.0. The van der Waals surface area contributed by atoms with E-state index in [0.717, 1.165) is 58.7 Å². The summed E-state index contributed by atoms with van der Waals surface area (Å²) >= 11 is 7.81. The number of aromatic nitrogens is 3. The first kappa shape index (κ1) is 20.0. The standard InChI is InChI=1S/C22H25ClN4O2S/c1-13-15(5-4-6-16(13)23)11-27-18(14-7-8-14)24-20(28)17-19(27)25-21(30-17)26-9-10-29-22(2,3)12-26/h4-6,14H,7-12H2,1-3H3. The van der Waals surface area contributed by atoms with Crippen molar-refractivity contribution in [1.29, 1.82) is 0 Å². The third-order valence-electron chi connectivity index (χ3n) is 5.89. The van der Waals surface area contributed by atoms with Crippen LogP contribution in [0.25, 0.3) is 10.3 Å². The molecule has 8 heteroatoms. The zero-order valence-electron chi connectivity index (χ0n) is 17.4. The number of rotatable bonds is 4. The normalized spacial score (nSPS) is 18.9. The van der Waals surface area contributed by atoms with Crippen molar-refractivity contribution in [3.05, 3.63) is 50.5 Å². The molecule has 2 aromatic heterocycles. The molecule has 1 saturated heterocycles. The Balaban J connectivity index is 1.63. The van der Waals surface area contributed by atoms with Crippen LogP contribution in [0.15, 0.2) is 23.0 Å². The van der Waals surface area contributed by atoms with Gasteiger partial charge in [0.2, 0.25) is 0 Å². The van der Waals surface area contributed by atoms with Crippen molar-refractivity contribution in [3.8, 4) is 0 Å². The average molecular weight is 445 g/mol. The number of halogens is 1. The number of benzene rings is 1. The summed E-state index contributed by atoms with van der Waals surface area (Å²) < 4.78 is 8.61. The molecular weight excluding hydrogens is 420 g/mol. The molecule has 0 bridgehead atoms. The minimum Gasteiger partial charge on any atom is -0.372 e. The fourth-order valence-corrected chi connectivity index (χ4v) is 5.24. The second-order valence-electron chi connectivity index (χ2n) is 8.84. The van der Waals surface area contributed by atoms with Gasteiger partial charge in [0.05, 0.1) is 18.8 Å². The fraction of sp³-hybridized carbons (Fsp3) is 0.500. The second-order valence-corrected chi connectivity index (χ2v) is 10.2. The van der Waals surface area contributed by atoms with Crippen LogP contribution in [-0.4, -0.2) is 39.8 Å². The summed E-state index contributed by atoms with van der Waals surface area (Å²) in [7, 11) is 0. The number of ether oxygens (including phenoxy) is 1. The van der Waals surface area contributed by atoms with Crippen molar-refractivity contribution in [3.63, 3.8) is 0 Å². The van der Waals surface area contributed by atoms with Crippen LogP contribution in [0.1, 0.15) is 49.6 Å². The molecule has 2 aliphatic rings. The van der Waals surface area contributed by atoms with Crippen LogP contribution >= 0.6 is 22.9 Å². The first-order valence-electron chi connectivity index (χ1n) is 10.4. The average Bonchev–Trinajstić information content (AvgIpc) is 3.44. The van der Waals surface area contributed by atoms with E-state index >= 15 is 0 Å². The van der Waals surface area contributed by atoms with Crippen LogP contribution in [0, 0.1) is 6.92 Å². The molecule has 158 valence electrons. The largest absolute Gasteiger partial charge is 0.372 e. The van der Waals surface area contributed by atoms with Crippen LogP contribution in [0.2, 0.25) is 5.02 Å². The van der Waals surface area contributed by atoms with E-state index in [4.69, 9.17) is 21.3 Å². The lowest BCUT2D eigenvalue weighted by molar-refractivity contribution is -0.0276. The molecule has 0 atom stereocenters. The molecule has 3 aromatic rings. The summed E-state index contributed by atoms with van der Waals surface area (Å²) in [5.41, 5.74) is 2.51. The number of anilines is 1. The predicted octanol–water partition coefficient (Wildman–Crippen LogP) is 4.36. The van der Waals surface area contributed by atoms with Crippen LogP contribution in [0.5, 0.6) is 0 Å². The molecule has 0 amide bonds. The van der Waals surface area contributed by atoms with E-state index in [9.17, 15) is 4.79 Å². The number of hydrogen-bond donors (Lipinski definition) is 0. The monoisotopic (exact) mass is 444 g/mol. The topological polar surface area (TPSA) is 60.2 Å². The summed E-state index contributed by atoms with van der Waals surface area (Å²) in [4.78, 5) is 24.5. The molecule has 6 nitrogen and oxygen atoms in total. The van der Waals surface area contributed by atoms with Gasteiger partial charge in [-0.05, 0) is 50.8 Å². The quantitative estimate of drug-likeness (QED) is 0.598. The van der Waals surface area contributed by atoms with Crippen molar-refractivity contribution in [2.45, 2.75) is 51.7 Å². The van der Waals surface area contributed by atoms with Gasteiger partial charge in [-0.15, -0.1) is 0 Å². The van der Waals surface area contributed by atoms with Gasteiger partial charge in [0.25, 0.3) is 5.56 Å². The summed E-state index contributed by atoms with van der Waals surface area (Å²) in [6, 6.07) is 5.96. The third-order valence-corrected chi connectivity index (χ3v) is 7.39. The smallest absolute Gasteiger partial charge is 0.292 e. The van der Waals surface area contributed by atoms with Crippen molar-refractivity contribution in [2.75, 3.05) is 24.6 Å². The molecule has 3 heterocycles. The van der Waals surface area contributed by atoms with Gasteiger partial charge in [0.1, 0.15) is 10.5 Å². The predicted molar refractivity (Wildman–Crippen MR) is 121 cm³/mol.